The second-order valence-electron chi connectivity index (χ2n) is 4.63. The van der Waals surface area contributed by atoms with E-state index in [1.54, 1.807) is 16.9 Å². The maximum Gasteiger partial charge on any atom is 0.320 e. The van der Waals surface area contributed by atoms with Crippen LogP contribution < -0.4 is 5.73 Å². The Morgan fingerprint density at radius 3 is 2.95 bits per heavy atom. The van der Waals surface area contributed by atoms with Gasteiger partial charge in [0.05, 0.1) is 12.2 Å². The molecule has 0 radical (unpaired) electrons. The zero-order valence-electron chi connectivity index (χ0n) is 11.0. The number of carboxylic acids is 1. The molecule has 3 N–H and O–H groups in total. The first-order chi connectivity index (χ1) is 9.45. The summed E-state index contributed by atoms with van der Waals surface area (Å²) in [4.78, 5) is 10.7. The van der Waals surface area contributed by atoms with Crippen molar-refractivity contribution in [2.45, 2.75) is 25.9 Å². The minimum Gasteiger partial charge on any atom is -0.480 e. The van der Waals surface area contributed by atoms with E-state index in [0.29, 0.717) is 12.2 Å². The summed E-state index contributed by atoms with van der Waals surface area (Å²) in [5.74, 6) is -1.35. The van der Waals surface area contributed by atoms with Gasteiger partial charge in [0.2, 0.25) is 0 Å². The highest BCUT2D eigenvalue weighted by Crippen LogP contribution is 2.11. The van der Waals surface area contributed by atoms with Crippen molar-refractivity contribution >= 4 is 5.97 Å². The zero-order valence-corrected chi connectivity index (χ0v) is 11.0. The normalized spacial score (nSPS) is 12.3. The Morgan fingerprint density at radius 2 is 2.30 bits per heavy atom. The lowest BCUT2D eigenvalue weighted by Crippen LogP contribution is -2.32. The number of hydrogen-bond donors (Lipinski definition) is 2. The van der Waals surface area contributed by atoms with Gasteiger partial charge in [0, 0.05) is 12.6 Å². The number of nitrogens with zero attached hydrogens (tertiary/aromatic N) is 3. The molecule has 0 aliphatic heterocycles. The molecule has 0 amide bonds. The lowest BCUT2D eigenvalue weighted by Gasteiger charge is -2.05. The Kier molecular flexibility index (Phi) is 4.09. The minimum absolute atomic E-state index is 0.123. The summed E-state index contributed by atoms with van der Waals surface area (Å²) in [7, 11) is 0. The highest BCUT2D eigenvalue weighted by molar-refractivity contribution is 5.73. The maximum atomic E-state index is 13.0. The minimum atomic E-state index is -1.08. The number of carbonyl (C=O) groups is 1. The summed E-state index contributed by atoms with van der Waals surface area (Å²) in [6.45, 7) is 2.26. The van der Waals surface area contributed by atoms with E-state index in [9.17, 15) is 9.18 Å². The average Bonchev–Trinajstić information content (AvgIpc) is 2.80. The van der Waals surface area contributed by atoms with Crippen molar-refractivity contribution < 1.29 is 14.3 Å². The van der Waals surface area contributed by atoms with Crippen LogP contribution in [0.2, 0.25) is 0 Å². The number of hydrogen-bond acceptors (Lipinski definition) is 4. The number of aromatic nitrogens is 3. The van der Waals surface area contributed by atoms with Crippen molar-refractivity contribution in [3.05, 3.63) is 47.0 Å². The van der Waals surface area contributed by atoms with Crippen molar-refractivity contribution in [3.8, 4) is 0 Å². The topological polar surface area (TPSA) is 94.0 Å². The molecule has 1 aromatic carbocycles. The highest BCUT2D eigenvalue weighted by atomic mass is 19.1. The number of halogens is 1. The van der Waals surface area contributed by atoms with E-state index in [-0.39, 0.29) is 12.2 Å². The third kappa shape index (κ3) is 3.39. The molecule has 1 heterocycles. The first-order valence-electron chi connectivity index (χ1n) is 6.08. The summed E-state index contributed by atoms with van der Waals surface area (Å²) in [5, 5.41) is 16.5. The van der Waals surface area contributed by atoms with Gasteiger partial charge in [-0.15, -0.1) is 5.10 Å². The molecule has 20 heavy (non-hydrogen) atoms. The van der Waals surface area contributed by atoms with Crippen LogP contribution in [0.4, 0.5) is 4.39 Å². The summed E-state index contributed by atoms with van der Waals surface area (Å²) >= 11 is 0. The second-order valence-corrected chi connectivity index (χ2v) is 4.63. The Morgan fingerprint density at radius 1 is 1.55 bits per heavy atom. The average molecular weight is 278 g/mol. The molecule has 1 aromatic heterocycles. The Hall–Kier alpha value is -2.28. The number of carboxylic acid groups (broad SMARTS) is 1. The predicted octanol–water partition coefficient (Wildman–Crippen LogP) is 0.728. The lowest BCUT2D eigenvalue weighted by atomic mass is 10.1. The summed E-state index contributed by atoms with van der Waals surface area (Å²) in [6, 6.07) is 3.54. The number of rotatable bonds is 5. The van der Waals surface area contributed by atoms with E-state index in [0.717, 1.165) is 11.1 Å². The standard InChI is InChI=1S/C13H15FN4O2/c1-8-4-10(14)3-2-9(8)6-18-7-11(16-17-18)5-12(15)13(19)20/h2-4,7,12H,5-6,15H2,1H3,(H,19,20). The molecular weight excluding hydrogens is 263 g/mol. The monoisotopic (exact) mass is 278 g/mol. The molecular formula is C13H15FN4O2. The van der Waals surface area contributed by atoms with E-state index in [2.05, 4.69) is 10.3 Å². The summed E-state index contributed by atoms with van der Waals surface area (Å²) < 4.78 is 14.6. The Labute approximate surface area is 115 Å². The van der Waals surface area contributed by atoms with Gasteiger partial charge in [-0.25, -0.2) is 9.07 Å². The van der Waals surface area contributed by atoms with E-state index in [1.807, 2.05) is 6.92 Å². The number of nitrogens with two attached hydrogens (primary N) is 1. The molecule has 0 fully saturated rings. The van der Waals surface area contributed by atoms with Crippen LogP contribution in [-0.2, 0) is 17.8 Å². The zero-order chi connectivity index (χ0) is 14.7. The number of benzene rings is 1. The molecule has 2 aromatic rings. The first kappa shape index (κ1) is 14.1. The van der Waals surface area contributed by atoms with E-state index in [4.69, 9.17) is 10.8 Å². The molecule has 0 aliphatic carbocycles. The molecule has 1 unspecified atom stereocenters. The Balaban J connectivity index is 2.07. The molecule has 7 heteroatoms. The smallest absolute Gasteiger partial charge is 0.320 e. The molecule has 0 saturated heterocycles. The predicted molar refractivity (Wildman–Crippen MR) is 69.6 cm³/mol. The van der Waals surface area contributed by atoms with Crippen molar-refractivity contribution in [2.24, 2.45) is 5.73 Å². The molecule has 0 aliphatic rings. The largest absolute Gasteiger partial charge is 0.480 e. The van der Waals surface area contributed by atoms with Crippen LogP contribution in [0.1, 0.15) is 16.8 Å². The fourth-order valence-electron chi connectivity index (χ4n) is 1.83. The molecule has 0 saturated carbocycles. The third-order valence-electron chi connectivity index (χ3n) is 2.97. The lowest BCUT2D eigenvalue weighted by molar-refractivity contribution is -0.138. The van der Waals surface area contributed by atoms with Gasteiger partial charge in [0.25, 0.3) is 0 Å². The van der Waals surface area contributed by atoms with E-state index in [1.165, 1.54) is 12.1 Å². The summed E-state index contributed by atoms with van der Waals surface area (Å²) in [5.41, 5.74) is 7.69. The van der Waals surface area contributed by atoms with E-state index >= 15 is 0 Å². The van der Waals surface area contributed by atoms with Crippen LogP contribution in [0.3, 0.4) is 0 Å². The van der Waals surface area contributed by atoms with Crippen LogP contribution in [0.15, 0.2) is 24.4 Å². The second kappa shape index (κ2) is 5.79. The number of aryl methyl sites for hydroxylation is 1. The van der Waals surface area contributed by atoms with Gasteiger partial charge < -0.3 is 10.8 Å². The fourth-order valence-corrected chi connectivity index (χ4v) is 1.83. The quantitative estimate of drug-likeness (QED) is 0.840. The van der Waals surface area contributed by atoms with Gasteiger partial charge in [0.15, 0.2) is 0 Å². The van der Waals surface area contributed by atoms with Gasteiger partial charge in [-0.2, -0.15) is 0 Å². The van der Waals surface area contributed by atoms with Gasteiger partial charge >= 0.3 is 5.97 Å². The molecule has 6 nitrogen and oxygen atoms in total. The maximum absolute atomic E-state index is 13.0. The van der Waals surface area contributed by atoms with Gasteiger partial charge in [-0.1, -0.05) is 11.3 Å². The molecule has 106 valence electrons. The van der Waals surface area contributed by atoms with Gasteiger partial charge in [-0.05, 0) is 30.2 Å². The number of aliphatic carboxylic acids is 1. The van der Waals surface area contributed by atoms with E-state index < -0.39 is 12.0 Å². The van der Waals surface area contributed by atoms with Crippen molar-refractivity contribution in [1.29, 1.82) is 0 Å². The van der Waals surface area contributed by atoms with Crippen molar-refractivity contribution in [1.82, 2.24) is 15.0 Å². The van der Waals surface area contributed by atoms with Crippen LogP contribution in [0.5, 0.6) is 0 Å². The SMILES string of the molecule is Cc1cc(F)ccc1Cn1cc(CC(N)C(=O)O)nn1. The van der Waals surface area contributed by atoms with Crippen molar-refractivity contribution in [2.75, 3.05) is 0 Å². The molecule has 1 atom stereocenters. The first-order valence-corrected chi connectivity index (χ1v) is 6.08. The fraction of sp³-hybridized carbons (Fsp3) is 0.308. The van der Waals surface area contributed by atoms with Crippen LogP contribution in [0, 0.1) is 12.7 Å². The van der Waals surface area contributed by atoms with Crippen LogP contribution >= 0.6 is 0 Å². The molecule has 0 spiro atoms. The third-order valence-corrected chi connectivity index (χ3v) is 2.97. The van der Waals surface area contributed by atoms with Gasteiger partial charge in [-0.3, -0.25) is 4.79 Å². The molecule has 0 bridgehead atoms. The summed E-state index contributed by atoms with van der Waals surface area (Å²) in [6.07, 6.45) is 1.77. The molecule has 2 rings (SSSR count). The Bertz CT molecular complexity index is 627. The van der Waals surface area contributed by atoms with Crippen LogP contribution in [0.25, 0.3) is 0 Å². The highest BCUT2D eigenvalue weighted by Gasteiger charge is 2.14. The van der Waals surface area contributed by atoms with Gasteiger partial charge in [0.1, 0.15) is 11.9 Å². The van der Waals surface area contributed by atoms with Crippen molar-refractivity contribution in [3.63, 3.8) is 0 Å². The van der Waals surface area contributed by atoms with Crippen LogP contribution in [-0.4, -0.2) is 32.1 Å².